The quantitative estimate of drug-likeness (QED) is 0.640. The van der Waals surface area contributed by atoms with Crippen LogP contribution >= 0.6 is 0 Å². The van der Waals surface area contributed by atoms with Gasteiger partial charge in [-0.15, -0.1) is 0 Å². The maximum atomic E-state index is 12.5. The van der Waals surface area contributed by atoms with Gasteiger partial charge in [-0.1, -0.05) is 0 Å². The van der Waals surface area contributed by atoms with Gasteiger partial charge in [0.15, 0.2) is 5.82 Å². The molecule has 0 aromatic carbocycles. The van der Waals surface area contributed by atoms with Gasteiger partial charge in [0.2, 0.25) is 5.91 Å². The zero-order valence-electron chi connectivity index (χ0n) is 16.8. The Morgan fingerprint density at radius 3 is 2.79 bits per heavy atom. The molecule has 0 radical (unpaired) electrons. The first kappa shape index (κ1) is 20.1. The number of aromatic amines is 1. The Balaban J connectivity index is 1.51. The van der Waals surface area contributed by atoms with Crippen LogP contribution in [0, 0.1) is 5.92 Å². The van der Waals surface area contributed by atoms with Crippen LogP contribution < -0.4 is 10.6 Å². The number of rotatable bonds is 8. The number of hydrogen-bond acceptors (Lipinski definition) is 5. The van der Waals surface area contributed by atoms with E-state index in [0.29, 0.717) is 42.1 Å². The lowest BCUT2D eigenvalue weighted by Gasteiger charge is -2.34. The Labute approximate surface area is 164 Å². The van der Waals surface area contributed by atoms with Gasteiger partial charge in [0.25, 0.3) is 5.91 Å². The third-order valence-electron chi connectivity index (χ3n) is 4.89. The maximum absolute atomic E-state index is 12.5. The first-order chi connectivity index (χ1) is 13.4. The second-order valence-corrected chi connectivity index (χ2v) is 7.70. The Morgan fingerprint density at radius 1 is 1.36 bits per heavy atom. The fourth-order valence-electron chi connectivity index (χ4n) is 3.55. The monoisotopic (exact) mass is 388 g/mol. The van der Waals surface area contributed by atoms with Gasteiger partial charge in [0.1, 0.15) is 5.69 Å². The summed E-state index contributed by atoms with van der Waals surface area (Å²) >= 11 is 0. The molecule has 9 heteroatoms. The number of hydrogen-bond donors (Lipinski definition) is 3. The molecule has 3 rings (SSSR count). The van der Waals surface area contributed by atoms with E-state index in [1.165, 1.54) is 4.68 Å². The highest BCUT2D eigenvalue weighted by Crippen LogP contribution is 2.43. The topological polar surface area (TPSA) is 114 Å². The number of ether oxygens (including phenoxy) is 1. The number of amides is 2. The average Bonchev–Trinajstić information content (AvgIpc) is 3.16. The minimum absolute atomic E-state index is 0.111. The normalized spacial score (nSPS) is 18.8. The molecule has 0 unspecified atom stereocenters. The van der Waals surface area contributed by atoms with E-state index in [2.05, 4.69) is 25.9 Å². The third-order valence-corrected chi connectivity index (χ3v) is 4.89. The number of nitrogens with zero attached hydrogens (tertiary/aromatic N) is 3. The van der Waals surface area contributed by atoms with Gasteiger partial charge in [-0.3, -0.25) is 19.4 Å². The number of H-pyrrole nitrogens is 1. The second kappa shape index (κ2) is 8.55. The van der Waals surface area contributed by atoms with Crippen LogP contribution in [0.25, 0.3) is 0 Å². The Kier molecular flexibility index (Phi) is 6.13. The molecular formula is C19H28N6O3. The minimum Gasteiger partial charge on any atom is -0.378 e. The van der Waals surface area contributed by atoms with E-state index in [-0.39, 0.29) is 17.9 Å². The molecule has 2 aromatic rings. The Morgan fingerprint density at radius 2 is 2.11 bits per heavy atom. The van der Waals surface area contributed by atoms with E-state index < -0.39 is 0 Å². The largest absolute Gasteiger partial charge is 0.378 e. The molecule has 2 aromatic heterocycles. The number of aryl methyl sites for hydroxylation is 1. The Bertz CT molecular complexity index is 835. The van der Waals surface area contributed by atoms with Crippen LogP contribution in [0.2, 0.25) is 0 Å². The lowest BCUT2D eigenvalue weighted by molar-refractivity contribution is -0.123. The van der Waals surface area contributed by atoms with Crippen LogP contribution in [0.15, 0.2) is 12.1 Å². The van der Waals surface area contributed by atoms with Crippen LogP contribution in [0.1, 0.15) is 60.9 Å². The minimum atomic E-state index is -0.271. The van der Waals surface area contributed by atoms with Crippen LogP contribution in [0.5, 0.6) is 0 Å². The number of nitrogens with one attached hydrogen (secondary N) is 3. The van der Waals surface area contributed by atoms with E-state index in [1.54, 1.807) is 20.2 Å². The van der Waals surface area contributed by atoms with Crippen molar-refractivity contribution >= 4 is 17.6 Å². The fraction of sp³-hybridized carbons (Fsp3) is 0.579. The standard InChI is InChI=1S/C19H28N6O3/c1-11(2)20-18(26)7-12-5-13(6-12)15-9-17(23-22-15)21-19(27)16-8-14(10-28-4)24-25(16)3/h8-9,11-13H,5-7,10H2,1-4H3,(H,20,26)(H2,21,22,23,27)/t12-,13-. The lowest BCUT2D eigenvalue weighted by atomic mass is 9.71. The van der Waals surface area contributed by atoms with Crippen molar-refractivity contribution in [2.24, 2.45) is 13.0 Å². The third kappa shape index (κ3) is 4.78. The van der Waals surface area contributed by atoms with Gasteiger partial charge >= 0.3 is 0 Å². The van der Waals surface area contributed by atoms with E-state index >= 15 is 0 Å². The average molecular weight is 388 g/mol. The summed E-state index contributed by atoms with van der Waals surface area (Å²) < 4.78 is 6.57. The van der Waals surface area contributed by atoms with Gasteiger partial charge < -0.3 is 15.4 Å². The number of methoxy groups -OCH3 is 1. The number of aromatic nitrogens is 4. The Hall–Kier alpha value is -2.68. The summed E-state index contributed by atoms with van der Waals surface area (Å²) in [6.07, 6.45) is 2.46. The molecule has 0 saturated heterocycles. The van der Waals surface area contributed by atoms with Crippen molar-refractivity contribution in [1.29, 1.82) is 0 Å². The maximum Gasteiger partial charge on any atom is 0.275 e. The molecule has 1 aliphatic carbocycles. The van der Waals surface area contributed by atoms with Gasteiger partial charge in [-0.25, -0.2) is 0 Å². The van der Waals surface area contributed by atoms with Crippen molar-refractivity contribution in [3.05, 3.63) is 29.2 Å². The van der Waals surface area contributed by atoms with E-state index in [0.717, 1.165) is 18.5 Å². The number of anilines is 1. The number of carbonyl (C=O) groups excluding carboxylic acids is 2. The number of carbonyl (C=O) groups is 2. The molecule has 0 bridgehead atoms. The smallest absolute Gasteiger partial charge is 0.275 e. The summed E-state index contributed by atoms with van der Waals surface area (Å²) in [5.41, 5.74) is 2.12. The molecule has 1 saturated carbocycles. The summed E-state index contributed by atoms with van der Waals surface area (Å²) in [6, 6.07) is 3.73. The van der Waals surface area contributed by atoms with Gasteiger partial charge in [-0.05, 0) is 38.7 Å². The molecule has 1 aliphatic rings. The molecule has 28 heavy (non-hydrogen) atoms. The van der Waals surface area contributed by atoms with Crippen LogP contribution in [-0.2, 0) is 23.2 Å². The van der Waals surface area contributed by atoms with Gasteiger partial charge in [-0.2, -0.15) is 10.2 Å². The van der Waals surface area contributed by atoms with Gasteiger partial charge in [0.05, 0.1) is 12.3 Å². The molecule has 0 spiro atoms. The molecule has 152 valence electrons. The second-order valence-electron chi connectivity index (χ2n) is 7.70. The summed E-state index contributed by atoms with van der Waals surface area (Å²) in [5, 5.41) is 17.2. The molecule has 2 amide bonds. The van der Waals surface area contributed by atoms with Crippen LogP contribution in [-0.4, -0.2) is 44.9 Å². The lowest BCUT2D eigenvalue weighted by Crippen LogP contribution is -2.34. The van der Waals surface area contributed by atoms with Crippen molar-refractivity contribution in [2.75, 3.05) is 12.4 Å². The van der Waals surface area contributed by atoms with E-state index in [1.807, 2.05) is 19.9 Å². The fourth-order valence-corrected chi connectivity index (χ4v) is 3.55. The highest BCUT2D eigenvalue weighted by Gasteiger charge is 2.33. The zero-order chi connectivity index (χ0) is 20.3. The SMILES string of the molecule is COCc1cc(C(=O)Nc2cc([C@H]3C[C@H](CC(=O)NC(C)C)C3)[nH]n2)n(C)n1. The van der Waals surface area contributed by atoms with Crippen LogP contribution in [0.3, 0.4) is 0 Å². The molecule has 2 heterocycles. The summed E-state index contributed by atoms with van der Waals surface area (Å²) in [6.45, 7) is 4.28. The first-order valence-electron chi connectivity index (χ1n) is 9.53. The summed E-state index contributed by atoms with van der Waals surface area (Å²) in [7, 11) is 3.30. The highest BCUT2D eigenvalue weighted by atomic mass is 16.5. The summed E-state index contributed by atoms with van der Waals surface area (Å²) in [4.78, 5) is 24.3. The highest BCUT2D eigenvalue weighted by molar-refractivity contribution is 6.02. The van der Waals surface area contributed by atoms with Crippen molar-refractivity contribution in [3.8, 4) is 0 Å². The van der Waals surface area contributed by atoms with E-state index in [4.69, 9.17) is 4.74 Å². The molecule has 9 nitrogen and oxygen atoms in total. The van der Waals surface area contributed by atoms with Crippen molar-refractivity contribution in [3.63, 3.8) is 0 Å². The summed E-state index contributed by atoms with van der Waals surface area (Å²) in [5.74, 6) is 1.07. The molecule has 3 N–H and O–H groups in total. The zero-order valence-corrected chi connectivity index (χ0v) is 16.8. The van der Waals surface area contributed by atoms with Crippen molar-refractivity contribution in [1.82, 2.24) is 25.3 Å². The predicted octanol–water partition coefficient (Wildman–Crippen LogP) is 1.95. The predicted molar refractivity (Wildman–Crippen MR) is 104 cm³/mol. The molecule has 0 aliphatic heterocycles. The molecule has 0 atom stereocenters. The van der Waals surface area contributed by atoms with Gasteiger partial charge in [0, 0.05) is 44.3 Å². The van der Waals surface area contributed by atoms with Crippen molar-refractivity contribution < 1.29 is 14.3 Å². The first-order valence-corrected chi connectivity index (χ1v) is 9.53. The van der Waals surface area contributed by atoms with Crippen molar-refractivity contribution in [2.45, 2.75) is 51.7 Å². The molecule has 1 fully saturated rings. The van der Waals surface area contributed by atoms with E-state index in [9.17, 15) is 9.59 Å². The van der Waals surface area contributed by atoms with Crippen LogP contribution in [0.4, 0.5) is 5.82 Å². The molecular weight excluding hydrogens is 360 g/mol.